The number of aromatic amines is 1. The van der Waals surface area contributed by atoms with E-state index in [2.05, 4.69) is 9.97 Å². The van der Waals surface area contributed by atoms with Crippen LogP contribution >= 0.6 is 0 Å². The van der Waals surface area contributed by atoms with Crippen molar-refractivity contribution in [3.63, 3.8) is 0 Å². The molecule has 0 bridgehead atoms. The van der Waals surface area contributed by atoms with E-state index in [9.17, 15) is 4.79 Å². The molecular formula is C13H12N4O2. The number of nitriles is 1. The minimum absolute atomic E-state index is 0.164. The van der Waals surface area contributed by atoms with E-state index in [-0.39, 0.29) is 5.69 Å². The number of hydrogen-bond donors (Lipinski definition) is 1. The lowest BCUT2D eigenvalue weighted by atomic mass is 10.2. The summed E-state index contributed by atoms with van der Waals surface area (Å²) in [5, 5.41) is 8.85. The van der Waals surface area contributed by atoms with Crippen molar-refractivity contribution in [2.75, 3.05) is 19.1 Å². The zero-order valence-electron chi connectivity index (χ0n) is 10.5. The predicted octanol–water partition coefficient (Wildman–Crippen LogP) is 1.42. The Bertz CT molecular complexity index is 688. The number of aromatic nitrogens is 2. The molecule has 1 N–H and O–H groups in total. The van der Waals surface area contributed by atoms with Gasteiger partial charge >= 0.3 is 5.69 Å². The van der Waals surface area contributed by atoms with Gasteiger partial charge in [-0.1, -0.05) is 12.1 Å². The Kier molecular flexibility index (Phi) is 3.48. The van der Waals surface area contributed by atoms with Crippen molar-refractivity contribution in [1.29, 1.82) is 5.26 Å². The molecule has 6 heteroatoms. The Morgan fingerprint density at radius 3 is 2.84 bits per heavy atom. The number of benzene rings is 1. The van der Waals surface area contributed by atoms with E-state index < -0.39 is 5.69 Å². The predicted molar refractivity (Wildman–Crippen MR) is 70.6 cm³/mol. The summed E-state index contributed by atoms with van der Waals surface area (Å²) < 4.78 is 5.25. The van der Waals surface area contributed by atoms with Crippen molar-refractivity contribution < 1.29 is 4.74 Å². The second-order valence-electron chi connectivity index (χ2n) is 3.80. The summed E-state index contributed by atoms with van der Waals surface area (Å²) in [5.41, 5.74) is 0.361. The molecule has 0 radical (unpaired) electrons. The van der Waals surface area contributed by atoms with Gasteiger partial charge in [0.15, 0.2) is 0 Å². The van der Waals surface area contributed by atoms with Gasteiger partial charge < -0.3 is 9.64 Å². The molecule has 2 aromatic rings. The highest BCUT2D eigenvalue weighted by Crippen LogP contribution is 2.30. The number of ether oxygens (including phenoxy) is 1. The van der Waals surface area contributed by atoms with Crippen molar-refractivity contribution in [2.24, 2.45) is 0 Å². The molecule has 0 unspecified atom stereocenters. The first-order chi connectivity index (χ1) is 9.15. The fourth-order valence-electron chi connectivity index (χ4n) is 1.71. The number of hydrogen-bond acceptors (Lipinski definition) is 5. The van der Waals surface area contributed by atoms with Crippen LogP contribution in [0.2, 0.25) is 0 Å². The third-order valence-electron chi connectivity index (χ3n) is 2.64. The summed E-state index contributed by atoms with van der Waals surface area (Å²) in [4.78, 5) is 19.3. The number of H-pyrrole nitrogens is 1. The number of para-hydroxylation sites is 2. The largest absolute Gasteiger partial charge is 0.495 e. The second-order valence-corrected chi connectivity index (χ2v) is 3.80. The Labute approximate surface area is 109 Å². The maximum atomic E-state index is 11.4. The zero-order chi connectivity index (χ0) is 13.8. The van der Waals surface area contributed by atoms with Gasteiger partial charge in [-0.05, 0) is 12.1 Å². The Morgan fingerprint density at radius 1 is 1.42 bits per heavy atom. The van der Waals surface area contributed by atoms with Gasteiger partial charge in [-0.3, -0.25) is 4.98 Å². The molecular weight excluding hydrogens is 244 g/mol. The average molecular weight is 256 g/mol. The first-order valence-electron chi connectivity index (χ1n) is 5.54. The fraction of sp³-hybridized carbons (Fsp3) is 0.154. The molecule has 0 aliphatic rings. The van der Waals surface area contributed by atoms with Crippen LogP contribution in [0.4, 0.5) is 11.5 Å². The van der Waals surface area contributed by atoms with Gasteiger partial charge in [0.25, 0.3) is 0 Å². The van der Waals surface area contributed by atoms with Crippen LogP contribution in [0.1, 0.15) is 5.69 Å². The number of rotatable bonds is 3. The molecule has 1 aromatic heterocycles. The number of methoxy groups -OCH3 is 1. The highest BCUT2D eigenvalue weighted by Gasteiger charge is 2.12. The van der Waals surface area contributed by atoms with Crippen LogP contribution in [0, 0.1) is 11.3 Å². The van der Waals surface area contributed by atoms with Crippen molar-refractivity contribution in [3.05, 3.63) is 46.5 Å². The Hall–Kier alpha value is -2.81. The molecule has 2 rings (SSSR count). The van der Waals surface area contributed by atoms with E-state index in [0.717, 1.165) is 5.69 Å². The van der Waals surface area contributed by atoms with Crippen LogP contribution in [-0.4, -0.2) is 24.1 Å². The third-order valence-corrected chi connectivity index (χ3v) is 2.64. The lowest BCUT2D eigenvalue weighted by Gasteiger charge is -2.20. The van der Waals surface area contributed by atoms with Crippen molar-refractivity contribution >= 4 is 11.5 Å². The van der Waals surface area contributed by atoms with Crippen LogP contribution < -0.4 is 15.3 Å². The van der Waals surface area contributed by atoms with Gasteiger partial charge in [0.1, 0.15) is 23.3 Å². The molecule has 0 saturated carbocycles. The summed E-state index contributed by atoms with van der Waals surface area (Å²) in [6, 6.07) is 10.8. The van der Waals surface area contributed by atoms with Gasteiger partial charge in [0.2, 0.25) is 0 Å². The fourth-order valence-corrected chi connectivity index (χ4v) is 1.71. The minimum Gasteiger partial charge on any atom is -0.495 e. The molecule has 0 fully saturated rings. The van der Waals surface area contributed by atoms with Crippen LogP contribution in [0.15, 0.2) is 35.1 Å². The van der Waals surface area contributed by atoms with Gasteiger partial charge in [-0.25, -0.2) is 4.79 Å². The van der Waals surface area contributed by atoms with Crippen LogP contribution in [0.25, 0.3) is 0 Å². The third kappa shape index (κ3) is 2.55. The maximum absolute atomic E-state index is 11.4. The van der Waals surface area contributed by atoms with Gasteiger partial charge in [-0.2, -0.15) is 10.2 Å². The van der Waals surface area contributed by atoms with E-state index >= 15 is 0 Å². The van der Waals surface area contributed by atoms with Crippen molar-refractivity contribution in [1.82, 2.24) is 9.97 Å². The second kappa shape index (κ2) is 5.23. The molecule has 0 saturated heterocycles. The van der Waals surface area contributed by atoms with E-state index in [1.165, 1.54) is 6.07 Å². The molecule has 0 spiro atoms. The first kappa shape index (κ1) is 12.6. The highest BCUT2D eigenvalue weighted by atomic mass is 16.5. The summed E-state index contributed by atoms with van der Waals surface area (Å²) in [5.74, 6) is 1.04. The lowest BCUT2D eigenvalue weighted by molar-refractivity contribution is 0.415. The standard InChI is InChI=1S/C13H12N4O2/c1-17(10-5-3-4-6-11(10)19-2)12-7-9(8-14)15-13(18)16-12/h3-7H,1-2H3,(H,15,16,18). The number of nitrogens with zero attached hydrogens (tertiary/aromatic N) is 3. The number of nitrogens with one attached hydrogen (secondary N) is 1. The van der Waals surface area contributed by atoms with E-state index in [1.807, 2.05) is 30.3 Å². The van der Waals surface area contributed by atoms with E-state index in [4.69, 9.17) is 10.00 Å². The highest BCUT2D eigenvalue weighted by molar-refractivity contribution is 5.66. The maximum Gasteiger partial charge on any atom is 0.347 e. The minimum atomic E-state index is -0.559. The molecule has 0 amide bonds. The molecule has 0 aliphatic heterocycles. The Balaban J connectivity index is 2.50. The van der Waals surface area contributed by atoms with Crippen molar-refractivity contribution in [3.8, 4) is 11.8 Å². The quantitative estimate of drug-likeness (QED) is 0.898. The molecule has 19 heavy (non-hydrogen) atoms. The lowest BCUT2D eigenvalue weighted by Crippen LogP contribution is -2.19. The topological polar surface area (TPSA) is 82.0 Å². The summed E-state index contributed by atoms with van der Waals surface area (Å²) in [6.07, 6.45) is 0. The van der Waals surface area contributed by atoms with Gasteiger partial charge in [0, 0.05) is 13.1 Å². The molecule has 0 aliphatic carbocycles. The molecule has 0 atom stereocenters. The molecule has 1 heterocycles. The zero-order valence-corrected chi connectivity index (χ0v) is 10.5. The van der Waals surface area contributed by atoms with E-state index in [0.29, 0.717) is 11.6 Å². The Morgan fingerprint density at radius 2 is 2.16 bits per heavy atom. The monoisotopic (exact) mass is 256 g/mol. The summed E-state index contributed by atoms with van der Waals surface area (Å²) in [7, 11) is 3.32. The summed E-state index contributed by atoms with van der Waals surface area (Å²) >= 11 is 0. The molecule has 96 valence electrons. The first-order valence-corrected chi connectivity index (χ1v) is 5.54. The average Bonchev–Trinajstić information content (AvgIpc) is 2.45. The number of anilines is 2. The van der Waals surface area contributed by atoms with Gasteiger partial charge in [0.05, 0.1) is 12.8 Å². The smallest absolute Gasteiger partial charge is 0.347 e. The summed E-state index contributed by atoms with van der Waals surface area (Å²) in [6.45, 7) is 0. The van der Waals surface area contributed by atoms with Crippen molar-refractivity contribution in [2.45, 2.75) is 0 Å². The normalized spacial score (nSPS) is 9.74. The van der Waals surface area contributed by atoms with Crippen LogP contribution in [-0.2, 0) is 0 Å². The van der Waals surface area contributed by atoms with Crippen LogP contribution in [0.5, 0.6) is 5.75 Å². The SMILES string of the molecule is COc1ccccc1N(C)c1cc(C#N)[nH]c(=O)n1. The van der Waals surface area contributed by atoms with E-state index in [1.54, 1.807) is 19.1 Å². The van der Waals surface area contributed by atoms with Crippen LogP contribution in [0.3, 0.4) is 0 Å². The molecule has 6 nitrogen and oxygen atoms in total. The molecule has 1 aromatic carbocycles. The van der Waals surface area contributed by atoms with Gasteiger partial charge in [-0.15, -0.1) is 0 Å².